The van der Waals surface area contributed by atoms with Gasteiger partial charge in [0.05, 0.1) is 11.6 Å². The molecule has 0 fully saturated rings. The van der Waals surface area contributed by atoms with Gasteiger partial charge in [-0.1, -0.05) is 36.4 Å². The molecular formula is C22H15FINO. The summed E-state index contributed by atoms with van der Waals surface area (Å²) in [6.45, 7) is 0.505. The maximum atomic E-state index is 13.0. The lowest BCUT2D eigenvalue weighted by Crippen LogP contribution is -1.95. The van der Waals surface area contributed by atoms with Crippen LogP contribution in [0.1, 0.15) is 16.7 Å². The number of hydrogen-bond donors (Lipinski definition) is 0. The van der Waals surface area contributed by atoms with Crippen LogP contribution in [-0.2, 0) is 6.61 Å². The summed E-state index contributed by atoms with van der Waals surface area (Å²) >= 11 is 2.27. The van der Waals surface area contributed by atoms with Gasteiger partial charge in [-0.05, 0) is 81.8 Å². The van der Waals surface area contributed by atoms with Gasteiger partial charge in [0.1, 0.15) is 18.2 Å². The third-order valence-corrected chi connectivity index (χ3v) is 4.50. The topological polar surface area (TPSA) is 33.0 Å². The Morgan fingerprint density at radius 3 is 2.23 bits per heavy atom. The van der Waals surface area contributed by atoms with Crippen molar-refractivity contribution in [2.75, 3.05) is 0 Å². The van der Waals surface area contributed by atoms with E-state index in [1.807, 2.05) is 48.5 Å². The van der Waals surface area contributed by atoms with Gasteiger partial charge in [-0.3, -0.25) is 0 Å². The first-order valence-electron chi connectivity index (χ1n) is 7.99. The summed E-state index contributed by atoms with van der Waals surface area (Å²) < 4.78 is 20.0. The second-order valence-electron chi connectivity index (χ2n) is 5.66. The molecule has 0 saturated heterocycles. The molecule has 0 bridgehead atoms. The number of nitriles is 1. The van der Waals surface area contributed by atoms with E-state index in [1.165, 1.54) is 15.7 Å². The van der Waals surface area contributed by atoms with Crippen molar-refractivity contribution >= 4 is 34.2 Å². The van der Waals surface area contributed by atoms with Gasteiger partial charge in [0.2, 0.25) is 0 Å². The van der Waals surface area contributed by atoms with Crippen molar-refractivity contribution in [3.05, 3.63) is 98.9 Å². The lowest BCUT2D eigenvalue weighted by Gasteiger charge is -2.07. The highest BCUT2D eigenvalue weighted by molar-refractivity contribution is 14.1. The molecule has 3 aromatic rings. The Morgan fingerprint density at radius 2 is 1.62 bits per heavy atom. The van der Waals surface area contributed by atoms with E-state index in [0.29, 0.717) is 17.7 Å². The Kier molecular flexibility index (Phi) is 6.03. The van der Waals surface area contributed by atoms with Crippen molar-refractivity contribution in [1.82, 2.24) is 0 Å². The van der Waals surface area contributed by atoms with Crippen LogP contribution >= 0.6 is 22.6 Å². The number of halogens is 2. The molecule has 0 saturated carbocycles. The van der Waals surface area contributed by atoms with Crippen LogP contribution in [0.2, 0.25) is 0 Å². The molecule has 26 heavy (non-hydrogen) atoms. The largest absolute Gasteiger partial charge is 0.489 e. The van der Waals surface area contributed by atoms with Gasteiger partial charge in [-0.25, -0.2) is 4.39 Å². The zero-order valence-electron chi connectivity index (χ0n) is 13.8. The number of ether oxygens (including phenoxy) is 1. The maximum Gasteiger partial charge on any atom is 0.123 e. The summed E-state index contributed by atoms with van der Waals surface area (Å²) in [4.78, 5) is 0. The molecule has 0 amide bonds. The van der Waals surface area contributed by atoms with Crippen LogP contribution in [0.5, 0.6) is 5.75 Å². The second-order valence-corrected chi connectivity index (χ2v) is 6.91. The molecule has 0 aliphatic carbocycles. The summed E-state index contributed by atoms with van der Waals surface area (Å²) in [5, 5.41) is 9.36. The maximum absolute atomic E-state index is 13.0. The highest BCUT2D eigenvalue weighted by Gasteiger charge is 2.02. The van der Waals surface area contributed by atoms with Crippen LogP contribution in [0, 0.1) is 20.7 Å². The van der Waals surface area contributed by atoms with Gasteiger partial charge in [0, 0.05) is 3.57 Å². The molecule has 0 spiro atoms. The minimum atomic E-state index is -0.319. The van der Waals surface area contributed by atoms with E-state index >= 15 is 0 Å². The number of nitrogens with zero attached hydrogens (tertiary/aromatic N) is 1. The lowest BCUT2D eigenvalue weighted by molar-refractivity contribution is 0.306. The van der Waals surface area contributed by atoms with Crippen molar-refractivity contribution in [3.63, 3.8) is 0 Å². The van der Waals surface area contributed by atoms with Crippen LogP contribution < -0.4 is 4.74 Å². The summed E-state index contributed by atoms with van der Waals surface area (Å²) in [6.07, 6.45) is 1.77. The van der Waals surface area contributed by atoms with Crippen LogP contribution in [0.3, 0.4) is 0 Å². The summed E-state index contributed by atoms with van der Waals surface area (Å²) in [5.74, 6) is 0.446. The first-order valence-corrected chi connectivity index (χ1v) is 9.07. The molecule has 0 radical (unpaired) electrons. The molecule has 0 heterocycles. The molecular weight excluding hydrogens is 440 g/mol. The molecule has 0 aromatic heterocycles. The minimum Gasteiger partial charge on any atom is -0.489 e. The predicted molar refractivity (Wildman–Crippen MR) is 110 cm³/mol. The molecule has 128 valence electrons. The fourth-order valence-corrected chi connectivity index (χ4v) is 2.74. The molecule has 3 aromatic carbocycles. The van der Waals surface area contributed by atoms with Crippen molar-refractivity contribution in [3.8, 4) is 11.8 Å². The monoisotopic (exact) mass is 455 g/mol. The average Bonchev–Trinajstić information content (AvgIpc) is 2.67. The fourth-order valence-electron chi connectivity index (χ4n) is 2.38. The highest BCUT2D eigenvalue weighted by atomic mass is 127. The van der Waals surface area contributed by atoms with Crippen molar-refractivity contribution in [2.24, 2.45) is 0 Å². The Labute approximate surface area is 165 Å². The summed E-state index contributed by atoms with van der Waals surface area (Å²) in [6, 6.07) is 23.8. The van der Waals surface area contributed by atoms with Crippen LogP contribution in [0.4, 0.5) is 4.39 Å². The molecule has 4 heteroatoms. The standard InChI is InChI=1S/C22H15FINO/c23-20-7-5-18(6-8-20)19(14-25)13-16-3-11-22(12-4-16)26-15-17-1-9-21(24)10-2-17/h1-13H,15H2/b19-13-. The van der Waals surface area contributed by atoms with Crippen molar-refractivity contribution in [2.45, 2.75) is 6.61 Å². The lowest BCUT2D eigenvalue weighted by atomic mass is 10.0. The van der Waals surface area contributed by atoms with Crippen LogP contribution in [0.15, 0.2) is 72.8 Å². The number of hydrogen-bond acceptors (Lipinski definition) is 2. The number of rotatable bonds is 5. The van der Waals surface area contributed by atoms with Crippen molar-refractivity contribution < 1.29 is 9.13 Å². The minimum absolute atomic E-state index is 0.319. The Balaban J connectivity index is 1.69. The first-order chi connectivity index (χ1) is 12.6. The van der Waals surface area contributed by atoms with E-state index in [9.17, 15) is 9.65 Å². The third kappa shape index (κ3) is 4.93. The molecule has 0 aliphatic rings. The van der Waals surface area contributed by atoms with Crippen LogP contribution in [-0.4, -0.2) is 0 Å². The molecule has 0 atom stereocenters. The van der Waals surface area contributed by atoms with E-state index in [-0.39, 0.29) is 5.82 Å². The summed E-state index contributed by atoms with van der Waals surface area (Å²) in [7, 11) is 0. The van der Waals surface area contributed by atoms with E-state index in [2.05, 4.69) is 28.7 Å². The Morgan fingerprint density at radius 1 is 0.962 bits per heavy atom. The SMILES string of the molecule is N#C/C(=C/c1ccc(OCc2ccc(I)cc2)cc1)c1ccc(F)cc1. The quantitative estimate of drug-likeness (QED) is 0.266. The van der Waals surface area contributed by atoms with E-state index in [4.69, 9.17) is 4.74 Å². The molecule has 0 unspecified atom stereocenters. The Bertz CT molecular complexity index is 939. The smallest absolute Gasteiger partial charge is 0.123 e. The van der Waals surface area contributed by atoms with Gasteiger partial charge < -0.3 is 4.74 Å². The molecule has 0 N–H and O–H groups in total. The molecule has 2 nitrogen and oxygen atoms in total. The zero-order valence-corrected chi connectivity index (χ0v) is 16.0. The predicted octanol–water partition coefficient (Wildman–Crippen LogP) is 6.07. The Hall–Kier alpha value is -2.65. The van der Waals surface area contributed by atoms with E-state index < -0.39 is 0 Å². The number of benzene rings is 3. The van der Waals surface area contributed by atoms with Crippen molar-refractivity contribution in [1.29, 1.82) is 5.26 Å². The van der Waals surface area contributed by atoms with Gasteiger partial charge in [0.25, 0.3) is 0 Å². The third-order valence-electron chi connectivity index (χ3n) is 3.79. The van der Waals surface area contributed by atoms with Gasteiger partial charge in [0.15, 0.2) is 0 Å². The van der Waals surface area contributed by atoms with E-state index in [1.54, 1.807) is 18.2 Å². The van der Waals surface area contributed by atoms with Gasteiger partial charge in [-0.2, -0.15) is 5.26 Å². The number of allylic oxidation sites excluding steroid dienone is 1. The first kappa shape index (κ1) is 18.2. The second kappa shape index (κ2) is 8.63. The normalized spacial score (nSPS) is 11.0. The zero-order chi connectivity index (χ0) is 18.4. The van der Waals surface area contributed by atoms with Gasteiger partial charge >= 0.3 is 0 Å². The van der Waals surface area contributed by atoms with E-state index in [0.717, 1.165) is 16.9 Å². The average molecular weight is 455 g/mol. The van der Waals surface area contributed by atoms with Gasteiger partial charge in [-0.15, -0.1) is 0 Å². The van der Waals surface area contributed by atoms with Crippen LogP contribution in [0.25, 0.3) is 11.6 Å². The highest BCUT2D eigenvalue weighted by Crippen LogP contribution is 2.20. The molecule has 0 aliphatic heterocycles. The fraction of sp³-hybridized carbons (Fsp3) is 0.0455. The summed E-state index contributed by atoms with van der Waals surface area (Å²) in [5.41, 5.74) is 3.16. The molecule has 3 rings (SSSR count).